The molecule has 3 atom stereocenters. The Balaban J connectivity index is 2.13. The normalized spacial score (nSPS) is 26.3. The molecule has 0 radical (unpaired) electrons. The summed E-state index contributed by atoms with van der Waals surface area (Å²) in [5, 5.41) is 19.3. The Labute approximate surface area is 114 Å². The van der Waals surface area contributed by atoms with Crippen LogP contribution in [-0.4, -0.2) is 34.7 Å². The maximum absolute atomic E-state index is 9.96. The van der Waals surface area contributed by atoms with Gasteiger partial charge in [-0.25, -0.2) is 0 Å². The molecule has 1 fully saturated rings. The Morgan fingerprint density at radius 3 is 2.79 bits per heavy atom. The van der Waals surface area contributed by atoms with Gasteiger partial charge in [-0.05, 0) is 44.3 Å². The number of piperidine rings is 1. The summed E-state index contributed by atoms with van der Waals surface area (Å²) in [7, 11) is 0. The van der Waals surface area contributed by atoms with Gasteiger partial charge in [0.2, 0.25) is 0 Å². The second-order valence-corrected chi connectivity index (χ2v) is 5.68. The standard InChI is InChI=1S/C15H24N2O2/c1-10-5-6-17(9-12(10)8-16)11(2)14-4-3-13(18)7-15(14)19/h3-4,7,10-12,18-19H,5-6,8-9,16H2,1-2H3. The van der Waals surface area contributed by atoms with Crippen LogP contribution in [0.4, 0.5) is 0 Å². The molecule has 1 heterocycles. The van der Waals surface area contributed by atoms with Crippen LogP contribution in [0.2, 0.25) is 0 Å². The molecular weight excluding hydrogens is 240 g/mol. The molecule has 0 saturated carbocycles. The highest BCUT2D eigenvalue weighted by molar-refractivity contribution is 5.40. The number of nitrogens with zero attached hydrogens (tertiary/aromatic N) is 1. The fraction of sp³-hybridized carbons (Fsp3) is 0.600. The van der Waals surface area contributed by atoms with E-state index in [0.29, 0.717) is 18.4 Å². The third-order valence-electron chi connectivity index (χ3n) is 4.46. The van der Waals surface area contributed by atoms with E-state index in [4.69, 9.17) is 5.73 Å². The quantitative estimate of drug-likeness (QED) is 0.781. The average molecular weight is 264 g/mol. The Kier molecular flexibility index (Phi) is 4.32. The van der Waals surface area contributed by atoms with Crippen molar-refractivity contribution < 1.29 is 10.2 Å². The zero-order valence-electron chi connectivity index (χ0n) is 11.7. The lowest BCUT2D eigenvalue weighted by molar-refractivity contribution is 0.0967. The smallest absolute Gasteiger partial charge is 0.124 e. The summed E-state index contributed by atoms with van der Waals surface area (Å²) >= 11 is 0. The topological polar surface area (TPSA) is 69.7 Å². The van der Waals surface area contributed by atoms with Gasteiger partial charge in [0.1, 0.15) is 11.5 Å². The average Bonchev–Trinajstić information content (AvgIpc) is 2.38. The van der Waals surface area contributed by atoms with Gasteiger partial charge in [-0.3, -0.25) is 4.90 Å². The van der Waals surface area contributed by atoms with Crippen LogP contribution in [0, 0.1) is 11.8 Å². The molecule has 19 heavy (non-hydrogen) atoms. The molecule has 0 spiro atoms. The molecule has 1 aliphatic heterocycles. The molecule has 4 heteroatoms. The van der Waals surface area contributed by atoms with Crippen LogP contribution in [0.3, 0.4) is 0 Å². The van der Waals surface area contributed by atoms with Crippen molar-refractivity contribution in [3.63, 3.8) is 0 Å². The molecule has 0 bridgehead atoms. The van der Waals surface area contributed by atoms with Crippen LogP contribution in [0.5, 0.6) is 11.5 Å². The Hall–Kier alpha value is -1.26. The molecule has 1 aromatic carbocycles. The lowest BCUT2D eigenvalue weighted by Gasteiger charge is -2.40. The zero-order valence-corrected chi connectivity index (χ0v) is 11.7. The minimum absolute atomic E-state index is 0.0977. The number of nitrogens with two attached hydrogens (primary N) is 1. The SMILES string of the molecule is CC1CCN(C(C)c2ccc(O)cc2O)CC1CN. The minimum Gasteiger partial charge on any atom is -0.508 e. The summed E-state index contributed by atoms with van der Waals surface area (Å²) in [5.74, 6) is 1.45. The monoisotopic (exact) mass is 264 g/mol. The molecule has 1 aliphatic rings. The highest BCUT2D eigenvalue weighted by Gasteiger charge is 2.29. The predicted molar refractivity (Wildman–Crippen MR) is 76.1 cm³/mol. The summed E-state index contributed by atoms with van der Waals surface area (Å²) < 4.78 is 0. The van der Waals surface area contributed by atoms with Gasteiger partial charge in [0.25, 0.3) is 0 Å². The molecule has 1 aromatic rings. The zero-order chi connectivity index (χ0) is 14.0. The van der Waals surface area contributed by atoms with Crippen molar-refractivity contribution >= 4 is 0 Å². The van der Waals surface area contributed by atoms with E-state index in [2.05, 4.69) is 18.7 Å². The van der Waals surface area contributed by atoms with E-state index in [1.54, 1.807) is 12.1 Å². The van der Waals surface area contributed by atoms with Gasteiger partial charge in [-0.1, -0.05) is 13.0 Å². The first-order chi connectivity index (χ1) is 9.02. The van der Waals surface area contributed by atoms with Crippen LogP contribution in [-0.2, 0) is 0 Å². The van der Waals surface area contributed by atoms with Crippen molar-refractivity contribution in [1.29, 1.82) is 0 Å². The maximum atomic E-state index is 9.96. The largest absolute Gasteiger partial charge is 0.508 e. The van der Waals surface area contributed by atoms with E-state index < -0.39 is 0 Å². The summed E-state index contributed by atoms with van der Waals surface area (Å²) in [6.45, 7) is 7.07. The van der Waals surface area contributed by atoms with Crippen molar-refractivity contribution in [2.45, 2.75) is 26.3 Å². The highest BCUT2D eigenvalue weighted by Crippen LogP contribution is 2.34. The van der Waals surface area contributed by atoms with Crippen LogP contribution >= 0.6 is 0 Å². The first kappa shape index (κ1) is 14.2. The van der Waals surface area contributed by atoms with Gasteiger partial charge < -0.3 is 15.9 Å². The van der Waals surface area contributed by atoms with Gasteiger partial charge in [-0.2, -0.15) is 0 Å². The molecular formula is C15H24N2O2. The second-order valence-electron chi connectivity index (χ2n) is 5.68. The minimum atomic E-state index is 0.0977. The molecule has 1 saturated heterocycles. The van der Waals surface area contributed by atoms with E-state index >= 15 is 0 Å². The van der Waals surface area contributed by atoms with Crippen molar-refractivity contribution in [1.82, 2.24) is 4.90 Å². The van der Waals surface area contributed by atoms with Gasteiger partial charge in [-0.15, -0.1) is 0 Å². The number of benzene rings is 1. The summed E-state index contributed by atoms with van der Waals surface area (Å²) in [4.78, 5) is 2.36. The van der Waals surface area contributed by atoms with E-state index in [1.807, 2.05) is 0 Å². The Bertz CT molecular complexity index is 436. The lowest BCUT2D eigenvalue weighted by Crippen LogP contribution is -2.43. The molecule has 4 N–H and O–H groups in total. The number of hydrogen-bond donors (Lipinski definition) is 3. The third-order valence-corrected chi connectivity index (χ3v) is 4.46. The number of likely N-dealkylation sites (tertiary alicyclic amines) is 1. The van der Waals surface area contributed by atoms with E-state index in [-0.39, 0.29) is 17.5 Å². The molecule has 2 rings (SSSR count). The number of rotatable bonds is 3. The first-order valence-electron chi connectivity index (χ1n) is 6.99. The Morgan fingerprint density at radius 2 is 2.16 bits per heavy atom. The van der Waals surface area contributed by atoms with E-state index in [9.17, 15) is 10.2 Å². The summed E-state index contributed by atoms with van der Waals surface area (Å²) in [6, 6.07) is 4.96. The predicted octanol–water partition coefficient (Wildman–Crippen LogP) is 2.08. The molecule has 3 unspecified atom stereocenters. The molecule has 0 aliphatic carbocycles. The number of phenols is 2. The van der Waals surface area contributed by atoms with E-state index in [1.165, 1.54) is 6.07 Å². The fourth-order valence-electron chi connectivity index (χ4n) is 2.92. The maximum Gasteiger partial charge on any atom is 0.124 e. The fourth-order valence-corrected chi connectivity index (χ4v) is 2.92. The summed E-state index contributed by atoms with van der Waals surface area (Å²) in [5.41, 5.74) is 6.70. The lowest BCUT2D eigenvalue weighted by atomic mass is 9.86. The van der Waals surface area contributed by atoms with Gasteiger partial charge in [0.05, 0.1) is 0 Å². The van der Waals surface area contributed by atoms with Crippen molar-refractivity contribution in [3.05, 3.63) is 23.8 Å². The highest BCUT2D eigenvalue weighted by atomic mass is 16.3. The number of hydrogen-bond acceptors (Lipinski definition) is 4. The van der Waals surface area contributed by atoms with Crippen molar-refractivity contribution in [2.75, 3.05) is 19.6 Å². The van der Waals surface area contributed by atoms with Gasteiger partial charge in [0, 0.05) is 24.2 Å². The second kappa shape index (κ2) is 5.80. The van der Waals surface area contributed by atoms with Crippen molar-refractivity contribution in [3.8, 4) is 11.5 Å². The number of aromatic hydroxyl groups is 2. The van der Waals surface area contributed by atoms with Gasteiger partial charge >= 0.3 is 0 Å². The molecule has 106 valence electrons. The van der Waals surface area contributed by atoms with Gasteiger partial charge in [0.15, 0.2) is 0 Å². The number of phenolic OH excluding ortho intramolecular Hbond substituents is 2. The Morgan fingerprint density at radius 1 is 1.42 bits per heavy atom. The van der Waals surface area contributed by atoms with Crippen LogP contribution in [0.15, 0.2) is 18.2 Å². The molecule has 0 amide bonds. The van der Waals surface area contributed by atoms with Crippen molar-refractivity contribution in [2.24, 2.45) is 17.6 Å². The summed E-state index contributed by atoms with van der Waals surface area (Å²) in [6.07, 6.45) is 1.14. The molecule has 0 aromatic heterocycles. The van der Waals surface area contributed by atoms with Crippen LogP contribution in [0.25, 0.3) is 0 Å². The van der Waals surface area contributed by atoms with Crippen LogP contribution in [0.1, 0.15) is 31.9 Å². The van der Waals surface area contributed by atoms with E-state index in [0.717, 1.165) is 25.1 Å². The molecule has 4 nitrogen and oxygen atoms in total. The van der Waals surface area contributed by atoms with Crippen LogP contribution < -0.4 is 5.73 Å². The first-order valence-corrected chi connectivity index (χ1v) is 6.99. The third kappa shape index (κ3) is 3.01.